The number of carbonyl (C=O) groups excluding carboxylic acids is 1. The molecule has 0 bridgehead atoms. The van der Waals surface area contributed by atoms with Gasteiger partial charge >= 0.3 is 0 Å². The second-order valence-electron chi connectivity index (χ2n) is 4.76. The van der Waals surface area contributed by atoms with E-state index in [4.69, 9.17) is 4.74 Å². The fourth-order valence-corrected chi connectivity index (χ4v) is 2.79. The van der Waals surface area contributed by atoms with Crippen molar-refractivity contribution in [1.29, 1.82) is 0 Å². The van der Waals surface area contributed by atoms with Gasteiger partial charge in [0, 0.05) is 18.1 Å². The first-order valence-electron chi connectivity index (χ1n) is 6.45. The van der Waals surface area contributed by atoms with Crippen molar-refractivity contribution in [3.63, 3.8) is 0 Å². The number of ether oxygens (including phenoxy) is 1. The zero-order chi connectivity index (χ0) is 13.7. The van der Waals surface area contributed by atoms with Crippen LogP contribution in [0.15, 0.2) is 28.7 Å². The molecule has 0 unspecified atom stereocenters. The summed E-state index contributed by atoms with van der Waals surface area (Å²) in [5.74, 6) is -0.0172. The lowest BCUT2D eigenvalue weighted by Gasteiger charge is -2.34. The average Bonchev–Trinajstić information content (AvgIpc) is 2.45. The molecule has 6 heteroatoms. The maximum Gasteiger partial charge on any atom is 0.252 e. The summed E-state index contributed by atoms with van der Waals surface area (Å²) in [4.78, 5) is 12.3. The normalized spacial score (nSPS) is 17.1. The van der Waals surface area contributed by atoms with Crippen molar-refractivity contribution >= 4 is 34.2 Å². The summed E-state index contributed by atoms with van der Waals surface area (Å²) in [6, 6.07) is 7.92. The topological polar surface area (TPSA) is 50.4 Å². The van der Waals surface area contributed by atoms with Crippen LogP contribution in [0.4, 0.5) is 0 Å². The molecule has 2 N–H and O–H groups in total. The minimum absolute atomic E-state index is 0. The van der Waals surface area contributed by atoms with E-state index in [9.17, 15) is 4.79 Å². The highest BCUT2D eigenvalue weighted by atomic mass is 79.9. The van der Waals surface area contributed by atoms with Gasteiger partial charge in [0.1, 0.15) is 5.60 Å². The Morgan fingerprint density at radius 2 is 2.15 bits per heavy atom. The highest BCUT2D eigenvalue weighted by Gasteiger charge is 2.39. The fourth-order valence-electron chi connectivity index (χ4n) is 2.34. The highest BCUT2D eigenvalue weighted by molar-refractivity contribution is 9.10. The Kier molecular flexibility index (Phi) is 6.95. The predicted molar refractivity (Wildman–Crippen MR) is 85.1 cm³/mol. The van der Waals surface area contributed by atoms with Crippen molar-refractivity contribution < 1.29 is 9.53 Å². The molecule has 1 fully saturated rings. The SMILES string of the molecule is COC1(C(=O)NCc2cccc(Br)c2)CCNCC1.Cl. The number of nitrogens with one attached hydrogen (secondary N) is 2. The molecule has 1 aromatic carbocycles. The van der Waals surface area contributed by atoms with E-state index in [0.29, 0.717) is 19.4 Å². The molecule has 1 aliphatic rings. The Balaban J connectivity index is 0.00000200. The van der Waals surface area contributed by atoms with E-state index in [1.807, 2.05) is 24.3 Å². The zero-order valence-electron chi connectivity index (χ0n) is 11.4. The molecule has 0 saturated carbocycles. The maximum atomic E-state index is 12.3. The number of hydrogen-bond donors (Lipinski definition) is 2. The summed E-state index contributed by atoms with van der Waals surface area (Å²) in [7, 11) is 1.62. The predicted octanol–water partition coefficient (Wildman–Crippen LogP) is 2.26. The summed E-state index contributed by atoms with van der Waals surface area (Å²) in [5, 5.41) is 6.22. The lowest BCUT2D eigenvalue weighted by molar-refractivity contribution is -0.146. The molecular weight excluding hydrogens is 344 g/mol. The number of piperidine rings is 1. The van der Waals surface area contributed by atoms with Gasteiger partial charge in [-0.05, 0) is 43.6 Å². The van der Waals surface area contributed by atoms with Crippen LogP contribution in [0.1, 0.15) is 18.4 Å². The second kappa shape index (κ2) is 7.98. The van der Waals surface area contributed by atoms with E-state index in [1.165, 1.54) is 0 Å². The Morgan fingerprint density at radius 3 is 2.75 bits per heavy atom. The van der Waals surface area contributed by atoms with Crippen LogP contribution in [0.5, 0.6) is 0 Å². The third-order valence-electron chi connectivity index (χ3n) is 3.56. The molecule has 1 aliphatic heterocycles. The van der Waals surface area contributed by atoms with Gasteiger partial charge < -0.3 is 15.4 Å². The first kappa shape index (κ1) is 17.4. The molecule has 1 saturated heterocycles. The minimum atomic E-state index is -0.669. The van der Waals surface area contributed by atoms with Gasteiger partial charge in [-0.25, -0.2) is 0 Å². The van der Waals surface area contributed by atoms with Crippen molar-refractivity contribution in [2.45, 2.75) is 25.0 Å². The average molecular weight is 364 g/mol. The molecule has 2 rings (SSSR count). The third kappa shape index (κ3) is 4.19. The van der Waals surface area contributed by atoms with Crippen LogP contribution in [0.3, 0.4) is 0 Å². The van der Waals surface area contributed by atoms with Gasteiger partial charge in [-0.3, -0.25) is 4.79 Å². The Hall–Kier alpha value is -0.620. The lowest BCUT2D eigenvalue weighted by Crippen LogP contribution is -2.53. The summed E-state index contributed by atoms with van der Waals surface area (Å²) < 4.78 is 6.51. The summed E-state index contributed by atoms with van der Waals surface area (Å²) in [6.45, 7) is 2.16. The van der Waals surface area contributed by atoms with Crippen LogP contribution < -0.4 is 10.6 Å². The van der Waals surface area contributed by atoms with Crippen molar-refractivity contribution in [3.8, 4) is 0 Å². The zero-order valence-corrected chi connectivity index (χ0v) is 13.9. The van der Waals surface area contributed by atoms with Crippen molar-refractivity contribution in [2.24, 2.45) is 0 Å². The third-order valence-corrected chi connectivity index (χ3v) is 4.05. The van der Waals surface area contributed by atoms with E-state index >= 15 is 0 Å². The second-order valence-corrected chi connectivity index (χ2v) is 5.68. The molecule has 0 spiro atoms. The van der Waals surface area contributed by atoms with Crippen LogP contribution in [0, 0.1) is 0 Å². The standard InChI is InChI=1S/C14H19BrN2O2.ClH/c1-19-14(5-7-16-8-6-14)13(18)17-10-11-3-2-4-12(15)9-11;/h2-4,9,16H,5-8,10H2,1H3,(H,17,18);1H. The number of benzene rings is 1. The van der Waals surface area contributed by atoms with Crippen molar-refractivity contribution in [3.05, 3.63) is 34.3 Å². The molecular formula is C14H20BrClN2O2. The van der Waals surface area contributed by atoms with Crippen molar-refractivity contribution in [2.75, 3.05) is 20.2 Å². The van der Waals surface area contributed by atoms with Crippen LogP contribution in [-0.4, -0.2) is 31.7 Å². The molecule has 1 aromatic rings. The van der Waals surface area contributed by atoms with Gasteiger partial charge in [0.05, 0.1) is 0 Å². The summed E-state index contributed by atoms with van der Waals surface area (Å²) in [6.07, 6.45) is 1.43. The first-order valence-corrected chi connectivity index (χ1v) is 7.24. The molecule has 1 heterocycles. The van der Waals surface area contributed by atoms with E-state index < -0.39 is 5.60 Å². The summed E-state index contributed by atoms with van der Waals surface area (Å²) >= 11 is 3.42. The lowest BCUT2D eigenvalue weighted by atomic mass is 9.91. The minimum Gasteiger partial charge on any atom is -0.368 e. The monoisotopic (exact) mass is 362 g/mol. The molecule has 0 radical (unpaired) electrons. The number of methoxy groups -OCH3 is 1. The largest absolute Gasteiger partial charge is 0.368 e. The van der Waals surface area contributed by atoms with Crippen molar-refractivity contribution in [1.82, 2.24) is 10.6 Å². The van der Waals surface area contributed by atoms with Gasteiger partial charge in [-0.2, -0.15) is 0 Å². The molecule has 0 aromatic heterocycles. The molecule has 4 nitrogen and oxygen atoms in total. The van der Waals surface area contributed by atoms with E-state index in [2.05, 4.69) is 26.6 Å². The van der Waals surface area contributed by atoms with Crippen LogP contribution in [0.2, 0.25) is 0 Å². The quantitative estimate of drug-likeness (QED) is 0.863. The number of rotatable bonds is 4. The number of hydrogen-bond acceptors (Lipinski definition) is 3. The number of carbonyl (C=O) groups is 1. The molecule has 20 heavy (non-hydrogen) atoms. The van der Waals surface area contributed by atoms with Crippen LogP contribution >= 0.6 is 28.3 Å². The van der Waals surface area contributed by atoms with Gasteiger partial charge in [0.2, 0.25) is 0 Å². The maximum absolute atomic E-state index is 12.3. The van der Waals surface area contributed by atoms with Gasteiger partial charge in [0.25, 0.3) is 5.91 Å². The first-order chi connectivity index (χ1) is 9.16. The van der Waals surface area contributed by atoms with Crippen LogP contribution in [-0.2, 0) is 16.1 Å². The number of amides is 1. The van der Waals surface area contributed by atoms with E-state index in [1.54, 1.807) is 7.11 Å². The van der Waals surface area contributed by atoms with E-state index in [0.717, 1.165) is 23.1 Å². The Labute approximate surface area is 134 Å². The van der Waals surface area contributed by atoms with Gasteiger partial charge in [0.15, 0.2) is 0 Å². The smallest absolute Gasteiger partial charge is 0.252 e. The summed E-state index contributed by atoms with van der Waals surface area (Å²) in [5.41, 5.74) is 0.403. The number of halogens is 2. The molecule has 1 amide bonds. The van der Waals surface area contributed by atoms with E-state index in [-0.39, 0.29) is 18.3 Å². The van der Waals surface area contributed by atoms with Gasteiger partial charge in [-0.15, -0.1) is 12.4 Å². The fraction of sp³-hybridized carbons (Fsp3) is 0.500. The highest BCUT2D eigenvalue weighted by Crippen LogP contribution is 2.22. The Morgan fingerprint density at radius 1 is 1.45 bits per heavy atom. The molecule has 0 atom stereocenters. The molecule has 0 aliphatic carbocycles. The van der Waals surface area contributed by atoms with Crippen LogP contribution in [0.25, 0.3) is 0 Å². The molecule has 112 valence electrons. The van der Waals surface area contributed by atoms with Gasteiger partial charge in [-0.1, -0.05) is 28.1 Å². The Bertz CT molecular complexity index is 451.